The number of halogens is 1. The zero-order chi connectivity index (χ0) is 20.0. The summed E-state index contributed by atoms with van der Waals surface area (Å²) in [7, 11) is 0. The first-order valence-electron chi connectivity index (χ1n) is 8.41. The van der Waals surface area contributed by atoms with Gasteiger partial charge in [0.2, 0.25) is 0 Å². The van der Waals surface area contributed by atoms with Gasteiger partial charge in [-0.1, -0.05) is 11.6 Å². The summed E-state index contributed by atoms with van der Waals surface area (Å²) >= 11 is 7.15. The first kappa shape index (κ1) is 21.1. The highest BCUT2D eigenvalue weighted by atomic mass is 35.5. The molecule has 0 aromatic heterocycles. The Balaban J connectivity index is 2.29. The van der Waals surface area contributed by atoms with Crippen LogP contribution in [0.2, 0.25) is 5.02 Å². The number of hydrogen-bond acceptors (Lipinski definition) is 7. The molecule has 0 radical (unpaired) electrons. The summed E-state index contributed by atoms with van der Waals surface area (Å²) in [6, 6.07) is 3.21. The van der Waals surface area contributed by atoms with Crippen LogP contribution in [0.1, 0.15) is 26.3 Å². The van der Waals surface area contributed by atoms with Crippen molar-refractivity contribution in [2.45, 2.75) is 20.8 Å². The number of amides is 2. The van der Waals surface area contributed by atoms with E-state index in [1.165, 1.54) is 4.90 Å². The number of carbonyl (C=O) groups is 3. The quantitative estimate of drug-likeness (QED) is 0.474. The molecule has 7 nitrogen and oxygen atoms in total. The third-order valence-electron chi connectivity index (χ3n) is 3.46. The summed E-state index contributed by atoms with van der Waals surface area (Å²) in [5.74, 6) is -0.321. The summed E-state index contributed by atoms with van der Waals surface area (Å²) in [5.41, 5.74) is 0.577. The Hall–Kier alpha value is -2.19. The largest absolute Gasteiger partial charge is 0.490 e. The van der Waals surface area contributed by atoms with Crippen LogP contribution in [0.3, 0.4) is 0 Å². The van der Waals surface area contributed by atoms with Crippen LogP contribution in [0.25, 0.3) is 6.08 Å². The lowest BCUT2D eigenvalue weighted by molar-refractivity contribution is -0.145. The Morgan fingerprint density at radius 3 is 2.52 bits per heavy atom. The van der Waals surface area contributed by atoms with Gasteiger partial charge in [-0.15, -0.1) is 0 Å². The van der Waals surface area contributed by atoms with Gasteiger partial charge in [-0.3, -0.25) is 14.5 Å². The average Bonchev–Trinajstić information content (AvgIpc) is 2.87. The van der Waals surface area contributed by atoms with Crippen molar-refractivity contribution in [1.29, 1.82) is 0 Å². The minimum Gasteiger partial charge on any atom is -0.490 e. The number of thioether (sulfide) groups is 1. The lowest BCUT2D eigenvalue weighted by Gasteiger charge is -2.14. The van der Waals surface area contributed by atoms with E-state index in [-0.39, 0.29) is 35.1 Å². The average molecular weight is 414 g/mol. The van der Waals surface area contributed by atoms with E-state index in [0.717, 1.165) is 11.8 Å². The Labute approximate surface area is 166 Å². The highest BCUT2D eigenvalue weighted by Crippen LogP contribution is 2.39. The van der Waals surface area contributed by atoms with Crippen LogP contribution in [0.4, 0.5) is 4.79 Å². The molecule has 1 aromatic rings. The van der Waals surface area contributed by atoms with Gasteiger partial charge in [0.1, 0.15) is 0 Å². The molecule has 27 heavy (non-hydrogen) atoms. The van der Waals surface area contributed by atoms with Crippen LogP contribution in [0.15, 0.2) is 17.0 Å². The third kappa shape index (κ3) is 5.17. The van der Waals surface area contributed by atoms with E-state index in [2.05, 4.69) is 0 Å². The van der Waals surface area contributed by atoms with Crippen LogP contribution in [0, 0.1) is 0 Å². The van der Waals surface area contributed by atoms with E-state index in [4.69, 9.17) is 25.8 Å². The van der Waals surface area contributed by atoms with Gasteiger partial charge < -0.3 is 14.2 Å². The van der Waals surface area contributed by atoms with Gasteiger partial charge >= 0.3 is 5.97 Å². The maximum atomic E-state index is 12.2. The van der Waals surface area contributed by atoms with Crippen molar-refractivity contribution in [3.63, 3.8) is 0 Å². The number of esters is 1. The molecule has 0 aliphatic carbocycles. The molecule has 0 atom stereocenters. The third-order valence-corrected chi connectivity index (χ3v) is 4.65. The van der Waals surface area contributed by atoms with Gasteiger partial charge in [-0.2, -0.15) is 0 Å². The minimum absolute atomic E-state index is 0.213. The molecule has 2 rings (SSSR count). The van der Waals surface area contributed by atoms with Crippen LogP contribution >= 0.6 is 23.4 Å². The highest BCUT2D eigenvalue weighted by molar-refractivity contribution is 8.18. The summed E-state index contributed by atoms with van der Waals surface area (Å²) in [5, 5.41) is -0.0921. The number of benzene rings is 1. The van der Waals surface area contributed by atoms with Crippen molar-refractivity contribution in [3.8, 4) is 11.5 Å². The van der Waals surface area contributed by atoms with E-state index in [1.807, 2.05) is 0 Å². The molecule has 0 bridgehead atoms. The van der Waals surface area contributed by atoms with E-state index in [9.17, 15) is 14.4 Å². The number of hydrogen-bond donors (Lipinski definition) is 0. The summed E-state index contributed by atoms with van der Waals surface area (Å²) in [6.07, 6.45) is 1.57. The molecule has 1 aromatic carbocycles. The molecular formula is C18H20ClNO6S. The maximum absolute atomic E-state index is 12.2. The van der Waals surface area contributed by atoms with Gasteiger partial charge in [-0.25, -0.2) is 4.79 Å². The highest BCUT2D eigenvalue weighted by Gasteiger charge is 2.33. The molecule has 0 N–H and O–H groups in total. The second-order valence-electron chi connectivity index (χ2n) is 5.28. The first-order chi connectivity index (χ1) is 12.9. The van der Waals surface area contributed by atoms with Crippen molar-refractivity contribution in [2.75, 3.05) is 26.4 Å². The molecule has 9 heteroatoms. The number of carbonyl (C=O) groups excluding carboxylic acids is 3. The van der Waals surface area contributed by atoms with Crippen molar-refractivity contribution in [2.24, 2.45) is 0 Å². The van der Waals surface area contributed by atoms with E-state index >= 15 is 0 Å². The molecular weight excluding hydrogens is 394 g/mol. The Morgan fingerprint density at radius 2 is 1.93 bits per heavy atom. The monoisotopic (exact) mass is 413 g/mol. The lowest BCUT2D eigenvalue weighted by Crippen LogP contribution is -2.27. The topological polar surface area (TPSA) is 82.1 Å². The van der Waals surface area contributed by atoms with E-state index < -0.39 is 5.97 Å². The fourth-order valence-corrected chi connectivity index (χ4v) is 3.51. The Morgan fingerprint density at radius 1 is 1.19 bits per heavy atom. The van der Waals surface area contributed by atoms with Gasteiger partial charge in [0.25, 0.3) is 11.1 Å². The summed E-state index contributed by atoms with van der Waals surface area (Å²) in [4.78, 5) is 37.0. The minimum atomic E-state index is -0.520. The van der Waals surface area contributed by atoms with Crippen molar-refractivity contribution in [1.82, 2.24) is 4.90 Å². The van der Waals surface area contributed by atoms with Crippen LogP contribution in [0.5, 0.6) is 11.5 Å². The Kier molecular flexibility index (Phi) is 7.55. The fraction of sp³-hybridized carbons (Fsp3) is 0.389. The SMILES string of the molecule is CCOC(=O)COc1c(Cl)cc(/C=C2\SC(=O)N(CC)C2=O)cc1OCC. The molecule has 2 amide bonds. The van der Waals surface area contributed by atoms with Crippen molar-refractivity contribution < 1.29 is 28.6 Å². The molecule has 0 spiro atoms. The van der Waals surface area contributed by atoms with Gasteiger partial charge in [0.15, 0.2) is 18.1 Å². The predicted molar refractivity (Wildman–Crippen MR) is 103 cm³/mol. The molecule has 0 saturated carbocycles. The fourth-order valence-electron chi connectivity index (χ4n) is 2.33. The summed E-state index contributed by atoms with van der Waals surface area (Å²) < 4.78 is 15.8. The van der Waals surface area contributed by atoms with E-state index in [1.54, 1.807) is 39.0 Å². The van der Waals surface area contributed by atoms with Crippen molar-refractivity contribution >= 4 is 46.6 Å². The second-order valence-corrected chi connectivity index (χ2v) is 6.68. The number of imide groups is 1. The van der Waals surface area contributed by atoms with Gasteiger partial charge in [-0.05, 0) is 56.3 Å². The maximum Gasteiger partial charge on any atom is 0.344 e. The number of nitrogens with zero attached hydrogens (tertiary/aromatic N) is 1. The molecule has 1 heterocycles. The number of rotatable bonds is 8. The number of ether oxygens (including phenoxy) is 3. The Bertz CT molecular complexity index is 779. The van der Waals surface area contributed by atoms with E-state index in [0.29, 0.717) is 29.4 Å². The first-order valence-corrected chi connectivity index (χ1v) is 9.60. The molecule has 1 saturated heterocycles. The normalized spacial score (nSPS) is 15.4. The predicted octanol–water partition coefficient (Wildman–Crippen LogP) is 3.74. The molecule has 0 unspecified atom stereocenters. The zero-order valence-electron chi connectivity index (χ0n) is 15.2. The van der Waals surface area contributed by atoms with Crippen LogP contribution < -0.4 is 9.47 Å². The van der Waals surface area contributed by atoms with Gasteiger partial charge in [0, 0.05) is 6.54 Å². The lowest BCUT2D eigenvalue weighted by atomic mass is 10.1. The number of likely N-dealkylation sites (N-methyl/N-ethyl adjacent to an activating group) is 1. The molecule has 146 valence electrons. The van der Waals surface area contributed by atoms with Crippen LogP contribution in [-0.2, 0) is 14.3 Å². The molecule has 1 aliphatic rings. The molecule has 1 fully saturated rings. The van der Waals surface area contributed by atoms with Crippen LogP contribution in [-0.4, -0.2) is 48.4 Å². The standard InChI is InChI=1S/C18H20ClNO6S/c1-4-20-17(22)14(27-18(20)23)9-11-7-12(19)16(13(8-11)24-5-2)26-10-15(21)25-6-3/h7-9H,4-6,10H2,1-3H3/b14-9-. The molecule has 1 aliphatic heterocycles. The van der Waals surface area contributed by atoms with Crippen molar-refractivity contribution in [3.05, 3.63) is 27.6 Å². The smallest absolute Gasteiger partial charge is 0.344 e. The van der Waals surface area contributed by atoms with Gasteiger partial charge in [0.05, 0.1) is 23.1 Å². The summed E-state index contributed by atoms with van der Waals surface area (Å²) in [6.45, 7) is 5.84. The zero-order valence-corrected chi connectivity index (χ0v) is 16.8. The second kappa shape index (κ2) is 9.66.